The highest BCUT2D eigenvalue weighted by Crippen LogP contribution is 2.26. The van der Waals surface area contributed by atoms with Crippen LogP contribution in [0.1, 0.15) is 44.1 Å². The maximum absolute atomic E-state index is 5.89. The van der Waals surface area contributed by atoms with Gasteiger partial charge in [-0.1, -0.05) is 41.4 Å². The molecule has 2 nitrogen and oxygen atoms in total. The van der Waals surface area contributed by atoms with E-state index in [0.717, 1.165) is 16.0 Å². The van der Waals surface area contributed by atoms with Gasteiger partial charge >= 0.3 is 0 Å². The molecule has 1 aliphatic rings. The first-order valence-electron chi connectivity index (χ1n) is 8.96. The first-order chi connectivity index (χ1) is 11.7. The van der Waals surface area contributed by atoms with Crippen molar-refractivity contribution in [3.05, 3.63) is 58.6 Å². The Kier molecular flexibility index (Phi) is 6.33. The fourth-order valence-electron chi connectivity index (χ4n) is 3.23. The predicted molar refractivity (Wildman–Crippen MR) is 104 cm³/mol. The van der Waals surface area contributed by atoms with Gasteiger partial charge < -0.3 is 9.64 Å². The van der Waals surface area contributed by atoms with Crippen molar-refractivity contribution < 1.29 is 4.74 Å². The minimum atomic E-state index is 0.591. The summed E-state index contributed by atoms with van der Waals surface area (Å²) in [6, 6.07) is 16.5. The first-order valence-corrected chi connectivity index (χ1v) is 9.76. The van der Waals surface area contributed by atoms with Gasteiger partial charge in [0.1, 0.15) is 11.5 Å². The minimum Gasteiger partial charge on any atom is -0.457 e. The summed E-state index contributed by atoms with van der Waals surface area (Å²) in [5.41, 5.74) is 1.40. The third-order valence-electron chi connectivity index (χ3n) is 4.83. The maximum atomic E-state index is 5.89. The van der Waals surface area contributed by atoms with Crippen molar-refractivity contribution in [3.63, 3.8) is 0 Å². The molecule has 1 unspecified atom stereocenters. The zero-order valence-corrected chi connectivity index (χ0v) is 16.0. The van der Waals surface area contributed by atoms with E-state index in [2.05, 4.69) is 52.0 Å². The first kappa shape index (κ1) is 17.5. The van der Waals surface area contributed by atoms with Crippen molar-refractivity contribution >= 4 is 15.9 Å². The van der Waals surface area contributed by atoms with E-state index in [1.165, 1.54) is 50.9 Å². The molecule has 3 rings (SSSR count). The highest BCUT2D eigenvalue weighted by atomic mass is 79.9. The minimum absolute atomic E-state index is 0.591. The molecule has 3 heteroatoms. The SMILES string of the molecule is CC(CCN1CCCCC1)c1ccc(Oc2ccc(Br)cc2)cc1. The molecule has 1 fully saturated rings. The predicted octanol–water partition coefficient (Wildman–Crippen LogP) is 6.22. The lowest BCUT2D eigenvalue weighted by Gasteiger charge is -2.27. The molecule has 0 bridgehead atoms. The number of ether oxygens (including phenoxy) is 1. The van der Waals surface area contributed by atoms with E-state index in [9.17, 15) is 0 Å². The zero-order valence-electron chi connectivity index (χ0n) is 14.4. The largest absolute Gasteiger partial charge is 0.457 e. The molecule has 1 atom stereocenters. The Balaban J connectivity index is 1.52. The van der Waals surface area contributed by atoms with Crippen LogP contribution in [-0.2, 0) is 0 Å². The van der Waals surface area contributed by atoms with Gasteiger partial charge in [0.15, 0.2) is 0 Å². The van der Waals surface area contributed by atoms with Gasteiger partial charge in [-0.25, -0.2) is 0 Å². The molecule has 24 heavy (non-hydrogen) atoms. The Hall–Kier alpha value is -1.32. The molecule has 128 valence electrons. The van der Waals surface area contributed by atoms with Crippen molar-refractivity contribution in [2.24, 2.45) is 0 Å². The van der Waals surface area contributed by atoms with Crippen LogP contribution >= 0.6 is 15.9 Å². The number of hydrogen-bond donors (Lipinski definition) is 0. The molecular formula is C21H26BrNO. The third kappa shape index (κ3) is 5.09. The Morgan fingerprint density at radius 2 is 1.50 bits per heavy atom. The van der Waals surface area contributed by atoms with Crippen LogP contribution in [-0.4, -0.2) is 24.5 Å². The molecule has 2 aromatic rings. The van der Waals surface area contributed by atoms with Crippen molar-refractivity contribution in [3.8, 4) is 11.5 Å². The average Bonchev–Trinajstić information content (AvgIpc) is 2.63. The monoisotopic (exact) mass is 387 g/mol. The number of benzene rings is 2. The fourth-order valence-corrected chi connectivity index (χ4v) is 3.49. The van der Waals surface area contributed by atoms with Crippen LogP contribution in [0, 0.1) is 0 Å². The van der Waals surface area contributed by atoms with Gasteiger partial charge in [0, 0.05) is 4.47 Å². The van der Waals surface area contributed by atoms with E-state index in [1.54, 1.807) is 0 Å². The maximum Gasteiger partial charge on any atom is 0.127 e. The lowest BCUT2D eigenvalue weighted by atomic mass is 9.97. The summed E-state index contributed by atoms with van der Waals surface area (Å²) in [5, 5.41) is 0. The number of hydrogen-bond acceptors (Lipinski definition) is 2. The average molecular weight is 388 g/mol. The van der Waals surface area contributed by atoms with Gasteiger partial charge in [0.2, 0.25) is 0 Å². The van der Waals surface area contributed by atoms with Crippen molar-refractivity contribution in [1.29, 1.82) is 0 Å². The quantitative estimate of drug-likeness (QED) is 0.582. The zero-order chi connectivity index (χ0) is 16.8. The van der Waals surface area contributed by atoms with Crippen molar-refractivity contribution in [2.45, 2.75) is 38.5 Å². The van der Waals surface area contributed by atoms with Gasteiger partial charge in [0.25, 0.3) is 0 Å². The summed E-state index contributed by atoms with van der Waals surface area (Å²) < 4.78 is 6.96. The van der Waals surface area contributed by atoms with Crippen LogP contribution in [0.2, 0.25) is 0 Å². The van der Waals surface area contributed by atoms with Gasteiger partial charge in [0.05, 0.1) is 0 Å². The van der Waals surface area contributed by atoms with E-state index < -0.39 is 0 Å². The third-order valence-corrected chi connectivity index (χ3v) is 5.35. The van der Waals surface area contributed by atoms with Crippen molar-refractivity contribution in [2.75, 3.05) is 19.6 Å². The summed E-state index contributed by atoms with van der Waals surface area (Å²) in [7, 11) is 0. The summed E-state index contributed by atoms with van der Waals surface area (Å²) in [4.78, 5) is 2.62. The lowest BCUT2D eigenvalue weighted by Crippen LogP contribution is -2.31. The molecule has 0 aromatic heterocycles. The highest BCUT2D eigenvalue weighted by Gasteiger charge is 2.12. The molecule has 0 amide bonds. The molecule has 1 saturated heterocycles. The number of piperidine rings is 1. The fraction of sp³-hybridized carbons (Fsp3) is 0.429. The summed E-state index contributed by atoms with van der Waals surface area (Å²) in [6.07, 6.45) is 5.38. The van der Waals surface area contributed by atoms with E-state index in [4.69, 9.17) is 4.74 Å². The van der Waals surface area contributed by atoms with E-state index in [-0.39, 0.29) is 0 Å². The Labute approximate surface area is 154 Å². The molecule has 1 heterocycles. The number of nitrogens with zero attached hydrogens (tertiary/aromatic N) is 1. The molecule has 0 aliphatic carbocycles. The summed E-state index contributed by atoms with van der Waals surface area (Å²) in [5.74, 6) is 2.35. The second kappa shape index (κ2) is 8.68. The smallest absolute Gasteiger partial charge is 0.127 e. The van der Waals surface area contributed by atoms with E-state index in [0.29, 0.717) is 5.92 Å². The number of rotatable bonds is 6. The molecule has 0 saturated carbocycles. The summed E-state index contributed by atoms with van der Waals surface area (Å²) >= 11 is 3.44. The molecular weight excluding hydrogens is 362 g/mol. The van der Waals surface area contributed by atoms with E-state index >= 15 is 0 Å². The van der Waals surface area contributed by atoms with Crippen LogP contribution in [0.4, 0.5) is 0 Å². The van der Waals surface area contributed by atoms with Gasteiger partial charge in [-0.3, -0.25) is 0 Å². The molecule has 1 aliphatic heterocycles. The summed E-state index contributed by atoms with van der Waals surface area (Å²) in [6.45, 7) is 6.12. The highest BCUT2D eigenvalue weighted by molar-refractivity contribution is 9.10. The van der Waals surface area contributed by atoms with Crippen molar-refractivity contribution in [1.82, 2.24) is 4.90 Å². The van der Waals surface area contributed by atoms with Crippen LogP contribution < -0.4 is 4.74 Å². The van der Waals surface area contributed by atoms with Crippen LogP contribution in [0.3, 0.4) is 0 Å². The molecule has 2 aromatic carbocycles. The van der Waals surface area contributed by atoms with Crippen LogP contribution in [0.15, 0.2) is 53.0 Å². The second-order valence-electron chi connectivity index (χ2n) is 6.72. The Morgan fingerprint density at radius 3 is 2.12 bits per heavy atom. The van der Waals surface area contributed by atoms with Gasteiger partial charge in [-0.2, -0.15) is 0 Å². The molecule has 0 N–H and O–H groups in total. The van der Waals surface area contributed by atoms with E-state index in [1.807, 2.05) is 24.3 Å². The molecule has 0 spiro atoms. The number of halogens is 1. The standard InChI is InChI=1S/C21H26BrNO/c1-17(13-16-23-14-3-2-4-15-23)18-5-9-20(10-6-18)24-21-11-7-19(22)8-12-21/h5-12,17H,2-4,13-16H2,1H3. The molecule has 0 radical (unpaired) electrons. The Bertz CT molecular complexity index is 617. The Morgan fingerprint density at radius 1 is 0.917 bits per heavy atom. The second-order valence-corrected chi connectivity index (χ2v) is 7.63. The topological polar surface area (TPSA) is 12.5 Å². The van der Waals surface area contributed by atoms with Crippen LogP contribution in [0.5, 0.6) is 11.5 Å². The number of likely N-dealkylation sites (tertiary alicyclic amines) is 1. The van der Waals surface area contributed by atoms with Crippen LogP contribution in [0.25, 0.3) is 0 Å². The normalized spacial score (nSPS) is 16.8. The van der Waals surface area contributed by atoms with Gasteiger partial charge in [-0.05, 0) is 86.8 Å². The van der Waals surface area contributed by atoms with Gasteiger partial charge in [-0.15, -0.1) is 0 Å². The lowest BCUT2D eigenvalue weighted by molar-refractivity contribution is 0.222.